The van der Waals surface area contributed by atoms with Crippen molar-refractivity contribution in [3.8, 4) is 0 Å². The molecule has 6 nitrogen and oxygen atoms in total. The van der Waals surface area contributed by atoms with Crippen molar-refractivity contribution in [3.05, 3.63) is 0 Å². The van der Waals surface area contributed by atoms with E-state index in [1.54, 1.807) is 6.92 Å². The Labute approximate surface area is 113 Å². The van der Waals surface area contributed by atoms with E-state index in [4.69, 9.17) is 5.11 Å². The van der Waals surface area contributed by atoms with Crippen LogP contribution in [-0.2, 0) is 19.4 Å². The van der Waals surface area contributed by atoms with Gasteiger partial charge in [0.15, 0.2) is 0 Å². The second-order valence-electron chi connectivity index (χ2n) is 5.04. The Hall–Kier alpha value is -1.11. The van der Waals surface area contributed by atoms with Gasteiger partial charge in [0.05, 0.1) is 11.5 Å². The predicted molar refractivity (Wildman–Crippen MR) is 70.5 cm³/mol. The van der Waals surface area contributed by atoms with Crippen molar-refractivity contribution in [2.45, 2.75) is 39.2 Å². The molecule has 1 unspecified atom stereocenters. The lowest BCUT2D eigenvalue weighted by molar-refractivity contribution is -0.148. The lowest BCUT2D eigenvalue weighted by Gasteiger charge is -2.32. The van der Waals surface area contributed by atoms with Crippen LogP contribution in [0, 0.1) is 5.92 Å². The zero-order valence-electron chi connectivity index (χ0n) is 11.3. The molecule has 1 N–H and O–H groups in total. The third-order valence-corrected chi connectivity index (χ3v) is 5.33. The van der Waals surface area contributed by atoms with Crippen LogP contribution in [0.25, 0.3) is 0 Å². The highest BCUT2D eigenvalue weighted by Gasteiger charge is 2.33. The van der Waals surface area contributed by atoms with Crippen LogP contribution in [0.1, 0.15) is 33.1 Å². The van der Waals surface area contributed by atoms with E-state index in [1.165, 1.54) is 4.90 Å². The van der Waals surface area contributed by atoms with E-state index in [1.807, 2.05) is 6.92 Å². The van der Waals surface area contributed by atoms with Crippen LogP contribution < -0.4 is 0 Å². The van der Waals surface area contributed by atoms with Gasteiger partial charge >= 0.3 is 5.97 Å². The van der Waals surface area contributed by atoms with Crippen LogP contribution in [0.3, 0.4) is 0 Å². The Morgan fingerprint density at radius 2 is 1.84 bits per heavy atom. The van der Waals surface area contributed by atoms with Crippen molar-refractivity contribution in [1.82, 2.24) is 4.90 Å². The smallest absolute Gasteiger partial charge is 0.323 e. The molecule has 0 radical (unpaired) electrons. The lowest BCUT2D eigenvalue weighted by atomic mass is 10.00. The highest BCUT2D eigenvalue weighted by molar-refractivity contribution is 7.91. The molecule has 1 fully saturated rings. The first-order valence-electron chi connectivity index (χ1n) is 6.49. The zero-order chi connectivity index (χ0) is 14.6. The molecule has 0 aromatic heterocycles. The largest absolute Gasteiger partial charge is 0.480 e. The van der Waals surface area contributed by atoms with Crippen molar-refractivity contribution in [2.75, 3.05) is 18.1 Å². The summed E-state index contributed by atoms with van der Waals surface area (Å²) >= 11 is 0. The van der Waals surface area contributed by atoms with Gasteiger partial charge in [-0.15, -0.1) is 0 Å². The van der Waals surface area contributed by atoms with Gasteiger partial charge in [0.25, 0.3) is 0 Å². The first-order valence-corrected chi connectivity index (χ1v) is 8.31. The fraction of sp³-hybridized carbons (Fsp3) is 0.833. The fourth-order valence-corrected chi connectivity index (χ4v) is 3.68. The van der Waals surface area contributed by atoms with Gasteiger partial charge in [0.2, 0.25) is 5.91 Å². The summed E-state index contributed by atoms with van der Waals surface area (Å²) in [5.74, 6) is -1.60. The number of carbonyl (C=O) groups is 2. The molecule has 110 valence electrons. The van der Waals surface area contributed by atoms with Gasteiger partial charge in [0.1, 0.15) is 16.4 Å². The summed E-state index contributed by atoms with van der Waals surface area (Å²) in [5, 5.41) is 8.87. The number of carboxylic acid groups (broad SMARTS) is 1. The highest BCUT2D eigenvalue weighted by atomic mass is 32.2. The average molecular weight is 291 g/mol. The van der Waals surface area contributed by atoms with E-state index < -0.39 is 15.8 Å². The minimum Gasteiger partial charge on any atom is -0.480 e. The first-order chi connectivity index (χ1) is 8.76. The number of hydrogen-bond donors (Lipinski definition) is 1. The molecule has 1 saturated heterocycles. The van der Waals surface area contributed by atoms with Crippen molar-refractivity contribution in [2.24, 2.45) is 5.92 Å². The van der Waals surface area contributed by atoms with Gasteiger partial charge in [-0.25, -0.2) is 8.42 Å². The Bertz CT molecular complexity index is 431. The number of aliphatic carboxylic acids is 1. The first kappa shape index (κ1) is 15.9. The number of amides is 1. The summed E-state index contributed by atoms with van der Waals surface area (Å²) in [7, 11) is -3.01. The monoisotopic (exact) mass is 291 g/mol. The van der Waals surface area contributed by atoms with E-state index in [0.717, 1.165) is 0 Å². The summed E-state index contributed by atoms with van der Waals surface area (Å²) < 4.78 is 22.7. The molecule has 19 heavy (non-hydrogen) atoms. The molecule has 0 spiro atoms. The summed E-state index contributed by atoms with van der Waals surface area (Å²) in [6, 6.07) is -0.151. The van der Waals surface area contributed by atoms with Gasteiger partial charge in [-0.2, -0.15) is 0 Å². The van der Waals surface area contributed by atoms with Crippen LogP contribution in [0.5, 0.6) is 0 Å². The van der Waals surface area contributed by atoms with Gasteiger partial charge < -0.3 is 10.0 Å². The normalized spacial score (nSPS) is 20.7. The molecule has 0 aromatic carbocycles. The van der Waals surface area contributed by atoms with Gasteiger partial charge in [0, 0.05) is 12.0 Å². The summed E-state index contributed by atoms with van der Waals surface area (Å²) in [6.07, 6.45) is 1.27. The number of rotatable bonds is 5. The average Bonchev–Trinajstić information content (AvgIpc) is 2.34. The third kappa shape index (κ3) is 4.49. The third-order valence-electron chi connectivity index (χ3n) is 3.62. The van der Waals surface area contributed by atoms with Crippen LogP contribution in [0.2, 0.25) is 0 Å². The zero-order valence-corrected chi connectivity index (χ0v) is 12.1. The Morgan fingerprint density at radius 1 is 1.32 bits per heavy atom. The van der Waals surface area contributed by atoms with Crippen LogP contribution in [-0.4, -0.2) is 54.4 Å². The minimum atomic E-state index is -3.01. The number of carboxylic acids is 1. The molecule has 0 bridgehead atoms. The quantitative estimate of drug-likeness (QED) is 0.797. The molecule has 0 saturated carbocycles. The van der Waals surface area contributed by atoms with Crippen LogP contribution in [0.4, 0.5) is 0 Å². The summed E-state index contributed by atoms with van der Waals surface area (Å²) in [4.78, 5) is 24.5. The number of carbonyl (C=O) groups excluding carboxylic acids is 1. The molecule has 1 amide bonds. The maximum Gasteiger partial charge on any atom is 0.323 e. The number of nitrogens with zero attached hydrogens (tertiary/aromatic N) is 1. The Kier molecular flexibility index (Phi) is 5.34. The molecular formula is C12H21NO5S. The van der Waals surface area contributed by atoms with Crippen LogP contribution >= 0.6 is 0 Å². The van der Waals surface area contributed by atoms with Crippen LogP contribution in [0.15, 0.2) is 0 Å². The summed E-state index contributed by atoms with van der Waals surface area (Å²) in [6.45, 7) is 3.37. The molecule has 1 heterocycles. The molecule has 0 aromatic rings. The fourth-order valence-electron chi connectivity index (χ4n) is 2.19. The molecule has 7 heteroatoms. The second kappa shape index (κ2) is 6.36. The van der Waals surface area contributed by atoms with Gasteiger partial charge in [-0.1, -0.05) is 6.92 Å². The maximum absolute atomic E-state index is 12.3. The molecule has 1 rings (SSSR count). The van der Waals surface area contributed by atoms with E-state index in [2.05, 4.69) is 0 Å². The highest BCUT2D eigenvalue weighted by Crippen LogP contribution is 2.22. The molecular weight excluding hydrogens is 270 g/mol. The standard InChI is InChI=1S/C12H21NO5S/c1-3-9(2)13(8-11(14)15)12(16)10-4-6-19(17,18)7-5-10/h9-10H,3-8H2,1-2H3,(H,14,15). The minimum absolute atomic E-state index is 0.0187. The summed E-state index contributed by atoms with van der Waals surface area (Å²) in [5.41, 5.74) is 0. The van der Waals surface area contributed by atoms with Gasteiger partial charge in [-0.05, 0) is 26.2 Å². The SMILES string of the molecule is CCC(C)N(CC(=O)O)C(=O)C1CCS(=O)(=O)CC1. The predicted octanol–water partition coefficient (Wildman–Crippen LogP) is 0.523. The van der Waals surface area contributed by atoms with E-state index >= 15 is 0 Å². The van der Waals surface area contributed by atoms with Gasteiger partial charge in [-0.3, -0.25) is 9.59 Å². The van der Waals surface area contributed by atoms with E-state index in [9.17, 15) is 18.0 Å². The maximum atomic E-state index is 12.3. The molecule has 1 aliphatic heterocycles. The van der Waals surface area contributed by atoms with Crippen molar-refractivity contribution >= 4 is 21.7 Å². The topological polar surface area (TPSA) is 91.8 Å². The Morgan fingerprint density at radius 3 is 2.26 bits per heavy atom. The lowest BCUT2D eigenvalue weighted by Crippen LogP contribution is -2.46. The number of hydrogen-bond acceptors (Lipinski definition) is 4. The van der Waals surface area contributed by atoms with Crippen molar-refractivity contribution in [3.63, 3.8) is 0 Å². The Balaban J connectivity index is 2.74. The van der Waals surface area contributed by atoms with E-state index in [0.29, 0.717) is 19.3 Å². The molecule has 1 aliphatic rings. The molecule has 0 aliphatic carbocycles. The van der Waals surface area contributed by atoms with E-state index in [-0.39, 0.29) is 35.9 Å². The van der Waals surface area contributed by atoms with Crippen molar-refractivity contribution in [1.29, 1.82) is 0 Å². The number of sulfone groups is 1. The second-order valence-corrected chi connectivity index (χ2v) is 7.35. The van der Waals surface area contributed by atoms with Crippen molar-refractivity contribution < 1.29 is 23.1 Å². The molecule has 1 atom stereocenters.